The molecule has 1 aliphatic heterocycles. The molecule has 1 aromatic rings. The molecule has 0 atom stereocenters. The van der Waals surface area contributed by atoms with Gasteiger partial charge in [-0.2, -0.15) is 0 Å². The third-order valence-electron chi connectivity index (χ3n) is 3.12. The number of aryl methyl sites for hydroxylation is 1. The topological polar surface area (TPSA) is 55.2 Å². The van der Waals surface area contributed by atoms with Gasteiger partial charge in [0.15, 0.2) is 0 Å². The van der Waals surface area contributed by atoms with E-state index in [1.807, 2.05) is 6.92 Å². The van der Waals surface area contributed by atoms with E-state index in [4.69, 9.17) is 11.6 Å². The molecular weight excluding hydrogens is 254 g/mol. The van der Waals surface area contributed by atoms with Crippen LogP contribution in [0.5, 0.6) is 0 Å². The Morgan fingerprint density at radius 2 is 2.11 bits per heavy atom. The van der Waals surface area contributed by atoms with Crippen LogP contribution in [-0.2, 0) is 17.8 Å². The van der Waals surface area contributed by atoms with Crippen LogP contribution in [0.4, 0.5) is 0 Å². The second-order valence-corrected chi connectivity index (χ2v) is 4.75. The van der Waals surface area contributed by atoms with Crippen molar-refractivity contribution in [3.63, 3.8) is 0 Å². The van der Waals surface area contributed by atoms with Crippen LogP contribution in [0.15, 0.2) is 10.9 Å². The molecule has 98 valence electrons. The zero-order valence-electron chi connectivity index (χ0n) is 10.4. The van der Waals surface area contributed by atoms with Crippen LogP contribution in [0.1, 0.15) is 25.6 Å². The second-order valence-electron chi connectivity index (χ2n) is 4.36. The lowest BCUT2D eigenvalue weighted by molar-refractivity contribution is -0.130. The van der Waals surface area contributed by atoms with E-state index in [1.165, 1.54) is 10.6 Å². The largest absolute Gasteiger partial charge is 0.341 e. The summed E-state index contributed by atoms with van der Waals surface area (Å²) in [4.78, 5) is 29.7. The van der Waals surface area contributed by atoms with E-state index in [-0.39, 0.29) is 23.2 Å². The number of rotatable bonds is 3. The van der Waals surface area contributed by atoms with Crippen molar-refractivity contribution in [2.45, 2.75) is 32.7 Å². The molecule has 6 heteroatoms. The Hall–Kier alpha value is -1.36. The summed E-state index contributed by atoms with van der Waals surface area (Å²) in [6.07, 6.45) is 2.66. The lowest BCUT2D eigenvalue weighted by atomic mass is 10.4. The Morgan fingerprint density at radius 1 is 1.44 bits per heavy atom. The first-order chi connectivity index (χ1) is 8.61. The highest BCUT2D eigenvalue weighted by molar-refractivity contribution is 6.29. The van der Waals surface area contributed by atoms with E-state index < -0.39 is 0 Å². The minimum atomic E-state index is -0.264. The van der Waals surface area contributed by atoms with Crippen molar-refractivity contribution < 1.29 is 4.79 Å². The molecule has 1 aliphatic rings. The van der Waals surface area contributed by atoms with E-state index in [9.17, 15) is 9.59 Å². The highest BCUT2D eigenvalue weighted by Gasteiger charge is 2.19. The Kier molecular flexibility index (Phi) is 4.01. The lowest BCUT2D eigenvalue weighted by Crippen LogP contribution is -2.36. The molecule has 0 saturated carbocycles. The number of hydrogen-bond acceptors (Lipinski definition) is 3. The average Bonchev–Trinajstić information content (AvgIpc) is 2.85. The molecule has 2 rings (SSSR count). The lowest BCUT2D eigenvalue weighted by Gasteiger charge is -2.17. The van der Waals surface area contributed by atoms with Crippen molar-refractivity contribution in [2.75, 3.05) is 13.1 Å². The first-order valence-corrected chi connectivity index (χ1v) is 6.53. The Morgan fingerprint density at radius 3 is 2.72 bits per heavy atom. The summed E-state index contributed by atoms with van der Waals surface area (Å²) in [5.74, 6) is 0.536. The number of aromatic nitrogens is 2. The quantitative estimate of drug-likeness (QED) is 0.772. The molecule has 0 bridgehead atoms. The average molecular weight is 270 g/mol. The van der Waals surface area contributed by atoms with Gasteiger partial charge < -0.3 is 4.90 Å². The van der Waals surface area contributed by atoms with Gasteiger partial charge in [0.2, 0.25) is 5.91 Å². The van der Waals surface area contributed by atoms with Crippen LogP contribution >= 0.6 is 11.6 Å². The summed E-state index contributed by atoms with van der Waals surface area (Å²) >= 11 is 5.74. The summed E-state index contributed by atoms with van der Waals surface area (Å²) in [5, 5.41) is 0.182. The van der Waals surface area contributed by atoms with E-state index in [1.54, 1.807) is 4.90 Å². The van der Waals surface area contributed by atoms with Crippen LogP contribution < -0.4 is 5.56 Å². The van der Waals surface area contributed by atoms with Gasteiger partial charge in [-0.15, -0.1) is 0 Å². The maximum atomic E-state index is 12.0. The van der Waals surface area contributed by atoms with Gasteiger partial charge in [0.25, 0.3) is 5.56 Å². The van der Waals surface area contributed by atoms with Crippen LogP contribution in [0.3, 0.4) is 0 Å². The molecule has 18 heavy (non-hydrogen) atoms. The van der Waals surface area contributed by atoms with Crippen LogP contribution in [0.2, 0.25) is 5.15 Å². The molecule has 0 aliphatic carbocycles. The van der Waals surface area contributed by atoms with Crippen molar-refractivity contribution >= 4 is 17.5 Å². The van der Waals surface area contributed by atoms with E-state index in [0.29, 0.717) is 12.2 Å². The number of amides is 1. The van der Waals surface area contributed by atoms with Crippen LogP contribution in [0.25, 0.3) is 0 Å². The standard InChI is InChI=1S/C12H16ClN3O2/c1-2-10-14-9(13)7-11(17)16(10)8-12(18)15-5-3-4-6-15/h7H,2-6,8H2,1H3. The second kappa shape index (κ2) is 5.52. The molecule has 2 heterocycles. The summed E-state index contributed by atoms with van der Waals surface area (Å²) in [7, 11) is 0. The summed E-state index contributed by atoms with van der Waals surface area (Å²) in [6, 6.07) is 1.25. The first-order valence-electron chi connectivity index (χ1n) is 6.16. The summed E-state index contributed by atoms with van der Waals surface area (Å²) in [6.45, 7) is 3.52. The highest BCUT2D eigenvalue weighted by atomic mass is 35.5. The normalized spacial score (nSPS) is 15.1. The van der Waals surface area contributed by atoms with Gasteiger partial charge in [-0.05, 0) is 12.8 Å². The maximum Gasteiger partial charge on any atom is 0.255 e. The van der Waals surface area contributed by atoms with Gasteiger partial charge in [-0.3, -0.25) is 14.2 Å². The third-order valence-corrected chi connectivity index (χ3v) is 3.32. The fourth-order valence-electron chi connectivity index (χ4n) is 2.16. The van der Waals surface area contributed by atoms with Gasteiger partial charge in [0.05, 0.1) is 0 Å². The minimum Gasteiger partial charge on any atom is -0.341 e. The predicted octanol–water partition coefficient (Wildman–Crippen LogP) is 1.08. The molecule has 0 spiro atoms. The molecule has 1 fully saturated rings. The van der Waals surface area contributed by atoms with E-state index in [0.717, 1.165) is 25.9 Å². The molecule has 1 saturated heterocycles. The number of halogens is 1. The van der Waals surface area contributed by atoms with Crippen molar-refractivity contribution in [1.29, 1.82) is 0 Å². The molecule has 1 amide bonds. The molecule has 5 nitrogen and oxygen atoms in total. The fourth-order valence-corrected chi connectivity index (χ4v) is 2.35. The van der Waals surface area contributed by atoms with Crippen molar-refractivity contribution in [3.05, 3.63) is 27.4 Å². The van der Waals surface area contributed by atoms with Gasteiger partial charge in [0.1, 0.15) is 17.5 Å². The smallest absolute Gasteiger partial charge is 0.255 e. The van der Waals surface area contributed by atoms with Gasteiger partial charge in [-0.1, -0.05) is 18.5 Å². The number of carbonyl (C=O) groups is 1. The number of nitrogens with zero attached hydrogens (tertiary/aromatic N) is 3. The van der Waals surface area contributed by atoms with Crippen LogP contribution in [-0.4, -0.2) is 33.4 Å². The third kappa shape index (κ3) is 2.72. The highest BCUT2D eigenvalue weighted by Crippen LogP contribution is 2.09. The summed E-state index contributed by atoms with van der Waals surface area (Å²) < 4.78 is 1.41. The molecule has 0 unspecified atom stereocenters. The Balaban J connectivity index is 2.22. The maximum absolute atomic E-state index is 12.0. The fraction of sp³-hybridized carbons (Fsp3) is 0.583. The molecule has 0 N–H and O–H groups in total. The SMILES string of the molecule is CCc1nc(Cl)cc(=O)n1CC(=O)N1CCCC1. The molecule has 0 aromatic carbocycles. The van der Waals surface area contributed by atoms with Crippen molar-refractivity contribution in [2.24, 2.45) is 0 Å². The zero-order chi connectivity index (χ0) is 13.1. The molecule has 0 radical (unpaired) electrons. The van der Waals surface area contributed by atoms with Gasteiger partial charge in [-0.25, -0.2) is 4.98 Å². The van der Waals surface area contributed by atoms with Gasteiger partial charge >= 0.3 is 0 Å². The van der Waals surface area contributed by atoms with Crippen molar-refractivity contribution in [3.8, 4) is 0 Å². The predicted molar refractivity (Wildman–Crippen MR) is 68.7 cm³/mol. The zero-order valence-corrected chi connectivity index (χ0v) is 11.1. The number of likely N-dealkylation sites (tertiary alicyclic amines) is 1. The Labute approximate surface area is 110 Å². The van der Waals surface area contributed by atoms with Crippen LogP contribution in [0, 0.1) is 0 Å². The molecular formula is C12H16ClN3O2. The van der Waals surface area contributed by atoms with Gasteiger partial charge in [0, 0.05) is 25.6 Å². The van der Waals surface area contributed by atoms with E-state index >= 15 is 0 Å². The molecule has 1 aromatic heterocycles. The van der Waals surface area contributed by atoms with Crippen molar-refractivity contribution in [1.82, 2.24) is 14.5 Å². The first kappa shape index (κ1) is 13.1. The monoisotopic (exact) mass is 269 g/mol. The van der Waals surface area contributed by atoms with E-state index in [2.05, 4.69) is 4.98 Å². The number of hydrogen-bond donors (Lipinski definition) is 0. The summed E-state index contributed by atoms with van der Waals surface area (Å²) in [5.41, 5.74) is -0.264. The Bertz CT molecular complexity index is 507. The number of carbonyl (C=O) groups excluding carboxylic acids is 1. The minimum absolute atomic E-state index is 0.0200.